The molecule has 7 nitrogen and oxygen atoms in total. The van der Waals surface area contributed by atoms with Crippen LogP contribution in [0.1, 0.15) is 32.1 Å². The van der Waals surface area contributed by atoms with Crippen LogP contribution >= 0.6 is 0 Å². The minimum atomic E-state index is -3.63. The molecule has 1 aliphatic carbocycles. The van der Waals surface area contributed by atoms with Gasteiger partial charge in [0.15, 0.2) is 0 Å². The van der Waals surface area contributed by atoms with Crippen molar-refractivity contribution in [2.75, 3.05) is 13.1 Å². The molecule has 1 aromatic rings. The van der Waals surface area contributed by atoms with E-state index in [-0.39, 0.29) is 16.6 Å². The van der Waals surface area contributed by atoms with Crippen molar-refractivity contribution >= 4 is 15.7 Å². The van der Waals surface area contributed by atoms with Crippen LogP contribution in [0.2, 0.25) is 0 Å². The molecule has 2 fully saturated rings. The fourth-order valence-corrected chi connectivity index (χ4v) is 4.78. The van der Waals surface area contributed by atoms with Crippen LogP contribution in [0.3, 0.4) is 0 Å². The molecule has 1 saturated carbocycles. The average Bonchev–Trinajstić information content (AvgIpc) is 3.18. The summed E-state index contributed by atoms with van der Waals surface area (Å²) >= 11 is 0. The van der Waals surface area contributed by atoms with Crippen LogP contribution in [0, 0.1) is 10.1 Å². The van der Waals surface area contributed by atoms with E-state index >= 15 is 0 Å². The molecule has 1 heterocycles. The molecule has 0 aromatic heterocycles. The molecule has 1 saturated heterocycles. The SMILES string of the molecule is O=[N+]([O-])c1ccc(S(=O)(=O)N[C@@H]2CCN(C3CCCC3)C2)cc1. The lowest BCUT2D eigenvalue weighted by molar-refractivity contribution is -0.384. The molecule has 1 aliphatic heterocycles. The molecule has 0 spiro atoms. The largest absolute Gasteiger partial charge is 0.299 e. The van der Waals surface area contributed by atoms with Gasteiger partial charge in [-0.1, -0.05) is 12.8 Å². The number of nitrogens with one attached hydrogen (secondary N) is 1. The van der Waals surface area contributed by atoms with Gasteiger partial charge in [-0.15, -0.1) is 0 Å². The number of rotatable bonds is 5. The Balaban J connectivity index is 1.63. The Labute approximate surface area is 135 Å². The highest BCUT2D eigenvalue weighted by Crippen LogP contribution is 2.27. The molecule has 8 heteroatoms. The predicted octanol–water partition coefficient (Wildman–Crippen LogP) is 1.89. The lowest BCUT2D eigenvalue weighted by atomic mass is 10.2. The van der Waals surface area contributed by atoms with E-state index in [4.69, 9.17) is 0 Å². The number of nitro benzene ring substituents is 1. The third kappa shape index (κ3) is 3.70. The second-order valence-corrected chi connectivity index (χ2v) is 8.01. The van der Waals surface area contributed by atoms with Crippen molar-refractivity contribution < 1.29 is 13.3 Å². The maximum Gasteiger partial charge on any atom is 0.269 e. The molecule has 0 amide bonds. The number of hydrogen-bond acceptors (Lipinski definition) is 5. The summed E-state index contributed by atoms with van der Waals surface area (Å²) in [5.41, 5.74) is -0.114. The maximum atomic E-state index is 12.4. The van der Waals surface area contributed by atoms with E-state index in [1.165, 1.54) is 49.9 Å². The second-order valence-electron chi connectivity index (χ2n) is 6.29. The van der Waals surface area contributed by atoms with Crippen molar-refractivity contribution in [2.24, 2.45) is 0 Å². The van der Waals surface area contributed by atoms with Gasteiger partial charge in [-0.2, -0.15) is 0 Å². The number of sulfonamides is 1. The van der Waals surface area contributed by atoms with Crippen molar-refractivity contribution in [2.45, 2.75) is 49.1 Å². The predicted molar refractivity (Wildman–Crippen MR) is 85.7 cm³/mol. The van der Waals surface area contributed by atoms with Crippen molar-refractivity contribution in [1.82, 2.24) is 9.62 Å². The molecule has 126 valence electrons. The van der Waals surface area contributed by atoms with Gasteiger partial charge in [0.25, 0.3) is 5.69 Å². The Morgan fingerprint density at radius 2 is 1.78 bits per heavy atom. The molecule has 1 aromatic carbocycles. The van der Waals surface area contributed by atoms with Gasteiger partial charge in [0, 0.05) is 37.3 Å². The van der Waals surface area contributed by atoms with E-state index in [2.05, 4.69) is 9.62 Å². The van der Waals surface area contributed by atoms with Crippen LogP contribution < -0.4 is 4.72 Å². The summed E-state index contributed by atoms with van der Waals surface area (Å²) in [5, 5.41) is 10.6. The van der Waals surface area contributed by atoms with E-state index in [0.717, 1.165) is 19.5 Å². The lowest BCUT2D eigenvalue weighted by Gasteiger charge is -2.23. The van der Waals surface area contributed by atoms with Crippen LogP contribution in [0.15, 0.2) is 29.2 Å². The normalized spacial score (nSPS) is 23.4. The van der Waals surface area contributed by atoms with Gasteiger partial charge in [0.1, 0.15) is 0 Å². The van der Waals surface area contributed by atoms with Gasteiger partial charge >= 0.3 is 0 Å². The second kappa shape index (κ2) is 6.54. The first-order chi connectivity index (χ1) is 11.0. The van der Waals surface area contributed by atoms with Gasteiger partial charge in [-0.05, 0) is 31.4 Å². The number of nitrogens with zero attached hydrogens (tertiary/aromatic N) is 2. The zero-order valence-electron chi connectivity index (χ0n) is 12.8. The minimum absolute atomic E-state index is 0.0717. The molecule has 1 N–H and O–H groups in total. The molecular formula is C15H21N3O4S. The third-order valence-corrected chi connectivity index (χ3v) is 6.28. The van der Waals surface area contributed by atoms with Gasteiger partial charge in [0.05, 0.1) is 9.82 Å². The van der Waals surface area contributed by atoms with Crippen LogP contribution in [0.5, 0.6) is 0 Å². The van der Waals surface area contributed by atoms with Crippen LogP contribution in [0.4, 0.5) is 5.69 Å². The Morgan fingerprint density at radius 3 is 2.39 bits per heavy atom. The Hall–Kier alpha value is -1.51. The number of benzene rings is 1. The summed E-state index contributed by atoms with van der Waals surface area (Å²) < 4.78 is 27.5. The number of likely N-dealkylation sites (tertiary alicyclic amines) is 1. The smallest absolute Gasteiger partial charge is 0.269 e. The van der Waals surface area contributed by atoms with Crippen LogP contribution in [-0.4, -0.2) is 43.4 Å². The Bertz CT molecular complexity index is 668. The first-order valence-electron chi connectivity index (χ1n) is 7.96. The average molecular weight is 339 g/mol. The molecule has 1 atom stereocenters. The van der Waals surface area contributed by atoms with Gasteiger partial charge < -0.3 is 0 Å². The quantitative estimate of drug-likeness (QED) is 0.653. The molecule has 2 aliphatic rings. The summed E-state index contributed by atoms with van der Waals surface area (Å²) in [5.74, 6) is 0. The van der Waals surface area contributed by atoms with E-state index in [1.54, 1.807) is 0 Å². The highest BCUT2D eigenvalue weighted by molar-refractivity contribution is 7.89. The molecule has 0 bridgehead atoms. The van der Waals surface area contributed by atoms with E-state index in [9.17, 15) is 18.5 Å². The Morgan fingerprint density at radius 1 is 1.13 bits per heavy atom. The molecule has 3 rings (SSSR count). The maximum absolute atomic E-state index is 12.4. The summed E-state index contributed by atoms with van der Waals surface area (Å²) in [6.45, 7) is 1.68. The van der Waals surface area contributed by atoms with Crippen molar-refractivity contribution in [3.05, 3.63) is 34.4 Å². The fraction of sp³-hybridized carbons (Fsp3) is 0.600. The molecule has 0 unspecified atom stereocenters. The molecule has 0 radical (unpaired) electrons. The van der Waals surface area contributed by atoms with Crippen LogP contribution in [0.25, 0.3) is 0 Å². The van der Waals surface area contributed by atoms with E-state index < -0.39 is 14.9 Å². The lowest BCUT2D eigenvalue weighted by Crippen LogP contribution is -2.39. The highest BCUT2D eigenvalue weighted by Gasteiger charge is 2.32. The van der Waals surface area contributed by atoms with Gasteiger partial charge in [-0.3, -0.25) is 15.0 Å². The molecule has 23 heavy (non-hydrogen) atoms. The van der Waals surface area contributed by atoms with E-state index in [1.807, 2.05) is 0 Å². The van der Waals surface area contributed by atoms with Crippen molar-refractivity contribution in [1.29, 1.82) is 0 Å². The topological polar surface area (TPSA) is 92.5 Å². The first kappa shape index (κ1) is 16.4. The van der Waals surface area contributed by atoms with Crippen LogP contribution in [-0.2, 0) is 10.0 Å². The summed E-state index contributed by atoms with van der Waals surface area (Å²) in [4.78, 5) is 12.6. The van der Waals surface area contributed by atoms with Crippen molar-refractivity contribution in [3.63, 3.8) is 0 Å². The fourth-order valence-electron chi connectivity index (χ4n) is 3.52. The van der Waals surface area contributed by atoms with Crippen molar-refractivity contribution in [3.8, 4) is 0 Å². The van der Waals surface area contributed by atoms with E-state index in [0.29, 0.717) is 6.04 Å². The minimum Gasteiger partial charge on any atom is -0.299 e. The first-order valence-corrected chi connectivity index (χ1v) is 9.45. The number of hydrogen-bond donors (Lipinski definition) is 1. The summed E-state index contributed by atoms with van der Waals surface area (Å²) in [6, 6.07) is 5.51. The number of nitro groups is 1. The number of non-ortho nitro benzene ring substituents is 1. The summed E-state index contributed by atoms with van der Waals surface area (Å²) in [7, 11) is -3.63. The highest BCUT2D eigenvalue weighted by atomic mass is 32.2. The van der Waals surface area contributed by atoms with Gasteiger partial charge in [0.2, 0.25) is 10.0 Å². The molecular weight excluding hydrogens is 318 g/mol. The Kier molecular flexibility index (Phi) is 4.65. The summed E-state index contributed by atoms with van der Waals surface area (Å²) in [6.07, 6.45) is 5.76. The van der Waals surface area contributed by atoms with Gasteiger partial charge in [-0.25, -0.2) is 13.1 Å². The zero-order chi connectivity index (χ0) is 16.4. The zero-order valence-corrected chi connectivity index (χ0v) is 13.7. The third-order valence-electron chi connectivity index (χ3n) is 4.74. The standard InChI is InChI=1S/C15H21N3O4S/c19-18(20)14-5-7-15(8-6-14)23(21,22)16-12-9-10-17(11-12)13-3-1-2-4-13/h5-8,12-13,16H,1-4,9-11H2/t12-/m1/s1. The monoisotopic (exact) mass is 339 g/mol.